The zero-order valence-electron chi connectivity index (χ0n) is 15.6. The van der Waals surface area contributed by atoms with Crippen LogP contribution in [0.25, 0.3) is 5.57 Å². The van der Waals surface area contributed by atoms with E-state index in [1.54, 1.807) is 18.5 Å². The number of allylic oxidation sites excluding steroid dienone is 1. The number of carbonyl (C=O) groups is 1. The first-order chi connectivity index (χ1) is 13.7. The molecule has 0 amide bonds. The molecule has 0 fully saturated rings. The van der Waals surface area contributed by atoms with Crippen molar-refractivity contribution < 1.29 is 14.6 Å². The maximum absolute atomic E-state index is 12.7. The van der Waals surface area contributed by atoms with E-state index >= 15 is 0 Å². The molecule has 1 aromatic carbocycles. The van der Waals surface area contributed by atoms with Crippen molar-refractivity contribution in [3.05, 3.63) is 70.7 Å². The molecule has 0 spiro atoms. The number of aromatic nitrogens is 1. The Balaban J connectivity index is 1.75. The van der Waals surface area contributed by atoms with E-state index in [0.29, 0.717) is 36.5 Å². The lowest BCUT2D eigenvalue weighted by molar-refractivity contribution is 0.0988. The van der Waals surface area contributed by atoms with Crippen molar-refractivity contribution in [2.24, 2.45) is 0 Å². The van der Waals surface area contributed by atoms with E-state index in [4.69, 9.17) is 9.84 Å². The van der Waals surface area contributed by atoms with Gasteiger partial charge in [-0.15, -0.1) is 0 Å². The Morgan fingerprint density at radius 1 is 1.32 bits per heavy atom. The van der Waals surface area contributed by atoms with E-state index in [9.17, 15) is 10.1 Å². The van der Waals surface area contributed by atoms with Crippen LogP contribution in [0.5, 0.6) is 0 Å². The topological polar surface area (TPSA) is 95.2 Å². The third kappa shape index (κ3) is 4.83. The average Bonchev–Trinajstić information content (AvgIpc) is 2.75. The SMILES string of the molecule is N#Cc1c(CC(=O)c2ccc(CNCCO)cn2)cccc1C1=COCCC1. The van der Waals surface area contributed by atoms with Gasteiger partial charge in [0.05, 0.1) is 25.0 Å². The van der Waals surface area contributed by atoms with Crippen LogP contribution in [0.15, 0.2) is 42.8 Å². The van der Waals surface area contributed by atoms with Gasteiger partial charge in [0, 0.05) is 25.7 Å². The number of nitrogens with zero attached hydrogens (tertiary/aromatic N) is 2. The lowest BCUT2D eigenvalue weighted by atomic mass is 9.91. The summed E-state index contributed by atoms with van der Waals surface area (Å²) in [6.45, 7) is 1.86. The van der Waals surface area contributed by atoms with Gasteiger partial charge < -0.3 is 15.2 Å². The fourth-order valence-electron chi connectivity index (χ4n) is 3.18. The molecule has 0 aliphatic carbocycles. The van der Waals surface area contributed by atoms with Crippen molar-refractivity contribution >= 4 is 11.4 Å². The number of nitriles is 1. The molecule has 1 aliphatic rings. The maximum Gasteiger partial charge on any atom is 0.185 e. The summed E-state index contributed by atoms with van der Waals surface area (Å²) in [5, 5.41) is 21.5. The van der Waals surface area contributed by atoms with Gasteiger partial charge in [-0.3, -0.25) is 9.78 Å². The minimum Gasteiger partial charge on any atom is -0.501 e. The second-order valence-corrected chi connectivity index (χ2v) is 6.62. The number of benzene rings is 1. The van der Waals surface area contributed by atoms with Crippen molar-refractivity contribution in [3.63, 3.8) is 0 Å². The number of ether oxygens (including phenoxy) is 1. The lowest BCUT2D eigenvalue weighted by Gasteiger charge is -2.16. The molecule has 0 atom stereocenters. The number of Topliss-reactive ketones (excluding diaryl/α,β-unsaturated/α-hetero) is 1. The number of carbonyl (C=O) groups excluding carboxylic acids is 1. The third-order valence-corrected chi connectivity index (χ3v) is 4.62. The maximum atomic E-state index is 12.7. The molecule has 6 nitrogen and oxygen atoms in total. The molecule has 6 heteroatoms. The quantitative estimate of drug-likeness (QED) is 0.542. The van der Waals surface area contributed by atoms with Crippen LogP contribution in [0.2, 0.25) is 0 Å². The Labute approximate surface area is 164 Å². The highest BCUT2D eigenvalue weighted by atomic mass is 16.5. The minimum atomic E-state index is -0.127. The standard InChI is InChI=1S/C22H23N3O3/c23-12-20-17(3-1-5-19(20)18-4-2-10-28-15-18)11-22(27)21-7-6-16(14-25-21)13-24-8-9-26/h1,3,5-7,14-15,24,26H,2,4,8-11,13H2. The largest absolute Gasteiger partial charge is 0.501 e. The number of nitrogens with one attached hydrogen (secondary N) is 1. The van der Waals surface area contributed by atoms with Gasteiger partial charge in [0.1, 0.15) is 11.8 Å². The summed E-state index contributed by atoms with van der Waals surface area (Å²) in [5.74, 6) is -0.127. The molecule has 0 saturated heterocycles. The van der Waals surface area contributed by atoms with Crippen LogP contribution in [-0.4, -0.2) is 35.6 Å². The summed E-state index contributed by atoms with van der Waals surface area (Å²) in [5.41, 5.74) is 4.37. The van der Waals surface area contributed by atoms with Crippen molar-refractivity contribution in [1.29, 1.82) is 5.26 Å². The Morgan fingerprint density at radius 3 is 2.89 bits per heavy atom. The number of aliphatic hydroxyl groups excluding tert-OH is 1. The van der Waals surface area contributed by atoms with E-state index < -0.39 is 0 Å². The molecule has 0 unspecified atom stereocenters. The fraction of sp³-hybridized carbons (Fsp3) is 0.318. The fourth-order valence-corrected chi connectivity index (χ4v) is 3.18. The summed E-state index contributed by atoms with van der Waals surface area (Å²) < 4.78 is 5.41. The highest BCUT2D eigenvalue weighted by Gasteiger charge is 2.17. The second kappa shape index (κ2) is 9.79. The van der Waals surface area contributed by atoms with E-state index in [2.05, 4.69) is 16.4 Å². The molecule has 2 aromatic rings. The van der Waals surface area contributed by atoms with Crippen LogP contribution >= 0.6 is 0 Å². The molecular formula is C22H23N3O3. The Bertz CT molecular complexity index is 898. The van der Waals surface area contributed by atoms with Gasteiger partial charge in [-0.05, 0) is 41.2 Å². The molecule has 144 valence electrons. The van der Waals surface area contributed by atoms with Crippen molar-refractivity contribution in [1.82, 2.24) is 10.3 Å². The molecule has 2 heterocycles. The van der Waals surface area contributed by atoms with Crippen LogP contribution < -0.4 is 5.32 Å². The Morgan fingerprint density at radius 2 is 2.21 bits per heavy atom. The average molecular weight is 377 g/mol. The summed E-state index contributed by atoms with van der Waals surface area (Å²) in [6.07, 6.45) is 5.28. The molecule has 1 aromatic heterocycles. The van der Waals surface area contributed by atoms with Crippen molar-refractivity contribution in [2.45, 2.75) is 25.8 Å². The van der Waals surface area contributed by atoms with Gasteiger partial charge in [-0.2, -0.15) is 5.26 Å². The minimum absolute atomic E-state index is 0.0767. The number of hydrogen-bond acceptors (Lipinski definition) is 6. The Hall–Kier alpha value is -3.01. The smallest absolute Gasteiger partial charge is 0.185 e. The summed E-state index contributed by atoms with van der Waals surface area (Å²) in [6, 6.07) is 11.4. The number of aliphatic hydroxyl groups is 1. The predicted molar refractivity (Wildman–Crippen MR) is 105 cm³/mol. The monoisotopic (exact) mass is 377 g/mol. The molecule has 0 saturated carbocycles. The second-order valence-electron chi connectivity index (χ2n) is 6.62. The molecular weight excluding hydrogens is 354 g/mol. The zero-order valence-corrected chi connectivity index (χ0v) is 15.6. The number of rotatable bonds is 8. The van der Waals surface area contributed by atoms with Crippen LogP contribution in [0.1, 0.15) is 45.6 Å². The van der Waals surface area contributed by atoms with Crippen molar-refractivity contribution in [3.8, 4) is 6.07 Å². The first-order valence-electron chi connectivity index (χ1n) is 9.35. The summed E-state index contributed by atoms with van der Waals surface area (Å²) >= 11 is 0. The predicted octanol–water partition coefficient (Wildman–Crippen LogP) is 2.61. The van der Waals surface area contributed by atoms with Gasteiger partial charge in [0.25, 0.3) is 0 Å². The van der Waals surface area contributed by atoms with E-state index in [1.165, 1.54) is 0 Å². The zero-order chi connectivity index (χ0) is 19.8. The Kier molecular flexibility index (Phi) is 6.90. The van der Waals surface area contributed by atoms with E-state index in [-0.39, 0.29) is 18.8 Å². The molecule has 2 N–H and O–H groups in total. The number of pyridine rings is 1. The van der Waals surface area contributed by atoms with Gasteiger partial charge in [0.15, 0.2) is 5.78 Å². The highest BCUT2D eigenvalue weighted by molar-refractivity contribution is 5.96. The highest BCUT2D eigenvalue weighted by Crippen LogP contribution is 2.28. The normalized spacial score (nSPS) is 13.4. The van der Waals surface area contributed by atoms with Crippen LogP contribution in [0.3, 0.4) is 0 Å². The molecule has 0 bridgehead atoms. The van der Waals surface area contributed by atoms with Gasteiger partial charge in [-0.1, -0.05) is 24.3 Å². The van der Waals surface area contributed by atoms with Crippen LogP contribution in [-0.2, 0) is 17.7 Å². The van der Waals surface area contributed by atoms with E-state index in [1.807, 2.05) is 24.3 Å². The van der Waals surface area contributed by atoms with Crippen LogP contribution in [0, 0.1) is 11.3 Å². The van der Waals surface area contributed by atoms with Gasteiger partial charge in [-0.25, -0.2) is 0 Å². The summed E-state index contributed by atoms with van der Waals surface area (Å²) in [4.78, 5) is 16.9. The first kappa shape index (κ1) is 19.7. The third-order valence-electron chi connectivity index (χ3n) is 4.62. The number of ketones is 1. The van der Waals surface area contributed by atoms with Crippen LogP contribution in [0.4, 0.5) is 0 Å². The van der Waals surface area contributed by atoms with Gasteiger partial charge >= 0.3 is 0 Å². The van der Waals surface area contributed by atoms with Gasteiger partial charge in [0.2, 0.25) is 0 Å². The molecule has 3 rings (SSSR count). The summed E-state index contributed by atoms with van der Waals surface area (Å²) in [7, 11) is 0. The van der Waals surface area contributed by atoms with E-state index in [0.717, 1.165) is 29.5 Å². The lowest BCUT2D eigenvalue weighted by Crippen LogP contribution is -2.17. The first-order valence-corrected chi connectivity index (χ1v) is 9.35. The molecule has 1 aliphatic heterocycles. The number of hydrogen-bond donors (Lipinski definition) is 2. The molecule has 0 radical (unpaired) electrons. The molecule has 28 heavy (non-hydrogen) atoms. The van der Waals surface area contributed by atoms with Crippen molar-refractivity contribution in [2.75, 3.05) is 19.8 Å².